The van der Waals surface area contributed by atoms with Crippen LogP contribution in [0.2, 0.25) is 0 Å². The second-order valence-corrected chi connectivity index (χ2v) is 7.18. The molecule has 20 heavy (non-hydrogen) atoms. The van der Waals surface area contributed by atoms with E-state index < -0.39 is 11.7 Å². The molecule has 1 unspecified atom stereocenters. The number of rotatable bonds is 3. The highest BCUT2D eigenvalue weighted by Crippen LogP contribution is 2.25. The van der Waals surface area contributed by atoms with Gasteiger partial charge in [0.25, 0.3) is 0 Å². The Balaban J connectivity index is 2.69. The molecule has 0 spiro atoms. The molecule has 0 aliphatic carbocycles. The number of esters is 1. The predicted octanol–water partition coefficient (Wildman–Crippen LogP) is 3.75. The molecule has 112 valence electrons. The quantitative estimate of drug-likeness (QED) is 0.857. The molecule has 0 saturated heterocycles. The van der Waals surface area contributed by atoms with Gasteiger partial charge in [0.1, 0.15) is 5.60 Å². The van der Waals surface area contributed by atoms with Crippen LogP contribution < -0.4 is 0 Å². The van der Waals surface area contributed by atoms with E-state index >= 15 is 0 Å². The van der Waals surface area contributed by atoms with Crippen molar-refractivity contribution in [2.24, 2.45) is 0 Å². The van der Waals surface area contributed by atoms with Gasteiger partial charge in [0, 0.05) is 0 Å². The van der Waals surface area contributed by atoms with Crippen LogP contribution in [0.5, 0.6) is 0 Å². The van der Waals surface area contributed by atoms with Crippen molar-refractivity contribution in [3.8, 4) is 0 Å². The molecule has 0 heterocycles. The molecule has 3 heteroatoms. The van der Waals surface area contributed by atoms with E-state index in [2.05, 4.69) is 20.8 Å². The van der Waals surface area contributed by atoms with Crippen LogP contribution >= 0.6 is 0 Å². The van der Waals surface area contributed by atoms with Gasteiger partial charge in [-0.2, -0.15) is 0 Å². The number of aliphatic hydroxyl groups excluding tert-OH is 1. The van der Waals surface area contributed by atoms with Gasteiger partial charge in [0.05, 0.1) is 12.5 Å². The first-order valence-corrected chi connectivity index (χ1v) is 6.99. The van der Waals surface area contributed by atoms with E-state index in [-0.39, 0.29) is 17.8 Å². The largest absolute Gasteiger partial charge is 0.460 e. The number of carbonyl (C=O) groups excluding carboxylic acids is 1. The lowest BCUT2D eigenvalue weighted by Gasteiger charge is -2.22. The van der Waals surface area contributed by atoms with Gasteiger partial charge < -0.3 is 9.84 Å². The van der Waals surface area contributed by atoms with Crippen molar-refractivity contribution in [3.05, 3.63) is 35.4 Å². The predicted molar refractivity (Wildman–Crippen MR) is 80.6 cm³/mol. The summed E-state index contributed by atoms with van der Waals surface area (Å²) >= 11 is 0. The summed E-state index contributed by atoms with van der Waals surface area (Å²) in [6, 6.07) is 7.73. The fourth-order valence-corrected chi connectivity index (χ4v) is 1.86. The van der Waals surface area contributed by atoms with Crippen LogP contribution in [0.15, 0.2) is 24.3 Å². The third-order valence-electron chi connectivity index (χ3n) is 2.94. The van der Waals surface area contributed by atoms with E-state index in [0.717, 1.165) is 5.56 Å². The second-order valence-electron chi connectivity index (χ2n) is 7.18. The van der Waals surface area contributed by atoms with Crippen LogP contribution in [0.4, 0.5) is 0 Å². The number of carbonyl (C=O) groups is 1. The van der Waals surface area contributed by atoms with E-state index in [9.17, 15) is 9.90 Å². The van der Waals surface area contributed by atoms with Crippen LogP contribution in [-0.4, -0.2) is 16.7 Å². The van der Waals surface area contributed by atoms with Crippen LogP contribution in [0.1, 0.15) is 65.2 Å². The topological polar surface area (TPSA) is 46.5 Å². The summed E-state index contributed by atoms with van der Waals surface area (Å²) in [5, 5.41) is 10.1. The molecule has 0 amide bonds. The first-order chi connectivity index (χ1) is 8.99. The number of hydrogen-bond acceptors (Lipinski definition) is 3. The zero-order valence-corrected chi connectivity index (χ0v) is 13.4. The van der Waals surface area contributed by atoms with Crippen molar-refractivity contribution < 1.29 is 14.6 Å². The van der Waals surface area contributed by atoms with Crippen LogP contribution in [-0.2, 0) is 14.9 Å². The maximum absolute atomic E-state index is 11.7. The van der Waals surface area contributed by atoms with Crippen molar-refractivity contribution >= 4 is 5.97 Å². The molecule has 1 rings (SSSR count). The lowest BCUT2D eigenvalue weighted by atomic mass is 9.86. The van der Waals surface area contributed by atoms with Gasteiger partial charge in [0.2, 0.25) is 0 Å². The number of benzene rings is 1. The Bertz CT molecular complexity index is 447. The first kappa shape index (κ1) is 16.7. The lowest BCUT2D eigenvalue weighted by molar-refractivity contribution is -0.157. The number of aliphatic hydroxyl groups is 1. The summed E-state index contributed by atoms with van der Waals surface area (Å²) in [4.78, 5) is 11.7. The Morgan fingerprint density at radius 1 is 1.10 bits per heavy atom. The molecule has 0 aliphatic heterocycles. The van der Waals surface area contributed by atoms with E-state index in [4.69, 9.17) is 4.74 Å². The Morgan fingerprint density at radius 2 is 1.60 bits per heavy atom. The molecule has 0 saturated carbocycles. The third-order valence-corrected chi connectivity index (χ3v) is 2.94. The average Bonchev–Trinajstić information content (AvgIpc) is 2.25. The molecule has 0 aliphatic rings. The van der Waals surface area contributed by atoms with E-state index in [1.165, 1.54) is 5.56 Å². The summed E-state index contributed by atoms with van der Waals surface area (Å²) in [6.07, 6.45) is -0.842. The fraction of sp³-hybridized carbons (Fsp3) is 0.588. The molecule has 1 aromatic carbocycles. The lowest BCUT2D eigenvalue weighted by Crippen LogP contribution is -2.24. The summed E-state index contributed by atoms with van der Waals surface area (Å²) in [5.41, 5.74) is 1.50. The monoisotopic (exact) mass is 278 g/mol. The Labute approximate surface area is 122 Å². The molecule has 0 bridgehead atoms. The zero-order chi connectivity index (χ0) is 15.6. The Kier molecular flexibility index (Phi) is 4.98. The van der Waals surface area contributed by atoms with Crippen molar-refractivity contribution in [1.29, 1.82) is 0 Å². The van der Waals surface area contributed by atoms with E-state index in [0.29, 0.717) is 0 Å². The normalized spacial score (nSPS) is 13.9. The van der Waals surface area contributed by atoms with E-state index in [1.54, 1.807) is 0 Å². The minimum atomic E-state index is -0.820. The highest BCUT2D eigenvalue weighted by Gasteiger charge is 2.20. The SMILES string of the molecule is CC(C)(C)OC(=O)CC(O)c1ccc(C(C)(C)C)cc1. The third kappa shape index (κ3) is 5.33. The minimum Gasteiger partial charge on any atom is -0.460 e. The molecular weight excluding hydrogens is 252 g/mol. The van der Waals surface area contributed by atoms with Gasteiger partial charge in [-0.3, -0.25) is 4.79 Å². The molecule has 0 aromatic heterocycles. The molecule has 0 fully saturated rings. The molecule has 1 aromatic rings. The van der Waals surface area contributed by atoms with Crippen LogP contribution in [0.25, 0.3) is 0 Å². The molecule has 3 nitrogen and oxygen atoms in total. The molecular formula is C17H26O3. The smallest absolute Gasteiger partial charge is 0.309 e. The number of ether oxygens (including phenoxy) is 1. The molecule has 0 radical (unpaired) electrons. The Hall–Kier alpha value is -1.35. The highest BCUT2D eigenvalue weighted by atomic mass is 16.6. The minimum absolute atomic E-state index is 0.0217. The summed E-state index contributed by atoms with van der Waals surface area (Å²) in [5.74, 6) is -0.384. The van der Waals surface area contributed by atoms with Crippen molar-refractivity contribution in [1.82, 2.24) is 0 Å². The highest BCUT2D eigenvalue weighted by molar-refractivity contribution is 5.70. The maximum Gasteiger partial charge on any atom is 0.309 e. The fourth-order valence-electron chi connectivity index (χ4n) is 1.86. The van der Waals surface area contributed by atoms with Gasteiger partial charge in [-0.15, -0.1) is 0 Å². The standard InChI is InChI=1S/C17H26O3/c1-16(2,3)13-9-7-12(8-10-13)14(18)11-15(19)20-17(4,5)6/h7-10,14,18H,11H2,1-6H3. The summed E-state index contributed by atoms with van der Waals surface area (Å²) in [7, 11) is 0. The Morgan fingerprint density at radius 3 is 2.00 bits per heavy atom. The second kappa shape index (κ2) is 5.96. The maximum atomic E-state index is 11.7. The van der Waals surface area contributed by atoms with Gasteiger partial charge >= 0.3 is 5.97 Å². The van der Waals surface area contributed by atoms with E-state index in [1.807, 2.05) is 45.0 Å². The zero-order valence-electron chi connectivity index (χ0n) is 13.4. The summed E-state index contributed by atoms with van der Waals surface area (Å²) < 4.78 is 5.21. The van der Waals surface area contributed by atoms with Gasteiger partial charge in [-0.05, 0) is 37.3 Å². The number of hydrogen-bond donors (Lipinski definition) is 1. The molecule has 1 atom stereocenters. The van der Waals surface area contributed by atoms with Gasteiger partial charge in [-0.25, -0.2) is 0 Å². The van der Waals surface area contributed by atoms with Crippen molar-refractivity contribution in [2.45, 2.75) is 65.1 Å². The van der Waals surface area contributed by atoms with Crippen LogP contribution in [0, 0.1) is 0 Å². The van der Waals surface area contributed by atoms with Crippen molar-refractivity contribution in [3.63, 3.8) is 0 Å². The van der Waals surface area contributed by atoms with Gasteiger partial charge in [0.15, 0.2) is 0 Å². The van der Waals surface area contributed by atoms with Gasteiger partial charge in [-0.1, -0.05) is 45.0 Å². The average molecular weight is 278 g/mol. The summed E-state index contributed by atoms with van der Waals surface area (Å²) in [6.45, 7) is 11.9. The van der Waals surface area contributed by atoms with Crippen LogP contribution in [0.3, 0.4) is 0 Å². The van der Waals surface area contributed by atoms with Crippen molar-refractivity contribution in [2.75, 3.05) is 0 Å². The first-order valence-electron chi connectivity index (χ1n) is 6.99. The molecule has 1 N–H and O–H groups in total.